The fraction of sp³-hybridized carbons (Fsp3) is 0.222. The van der Waals surface area contributed by atoms with Gasteiger partial charge in [-0.2, -0.15) is 0 Å². The van der Waals surface area contributed by atoms with E-state index in [4.69, 9.17) is 5.11 Å². The van der Waals surface area contributed by atoms with Crippen LogP contribution >= 0.6 is 0 Å². The van der Waals surface area contributed by atoms with Crippen molar-refractivity contribution in [2.24, 2.45) is 0 Å². The minimum atomic E-state index is -1.40. The lowest BCUT2D eigenvalue weighted by Crippen LogP contribution is -2.15. The molecule has 68 valence electrons. The Bertz CT molecular complexity index is 329. The van der Waals surface area contributed by atoms with E-state index in [1.807, 2.05) is 6.92 Å². The largest absolute Gasteiger partial charge is 0.475 e. The van der Waals surface area contributed by atoms with Gasteiger partial charge in [-0.15, -0.1) is 0 Å². The molecule has 1 aromatic heterocycles. The highest BCUT2D eigenvalue weighted by molar-refractivity contribution is 6.33. The molecule has 1 heterocycles. The fourth-order valence-electron chi connectivity index (χ4n) is 0.864. The van der Waals surface area contributed by atoms with Crippen LogP contribution in [0.2, 0.25) is 0 Å². The third-order valence-electron chi connectivity index (χ3n) is 1.58. The van der Waals surface area contributed by atoms with Crippen molar-refractivity contribution >= 4 is 11.8 Å². The summed E-state index contributed by atoms with van der Waals surface area (Å²) in [6.45, 7) is 1.82. The minimum Gasteiger partial charge on any atom is -0.475 e. The number of carboxylic acids is 1. The summed E-state index contributed by atoms with van der Waals surface area (Å²) in [6.07, 6.45) is 1.42. The number of aryl methyl sites for hydroxylation is 1. The maximum Gasteiger partial charge on any atom is 0.372 e. The molecule has 4 nitrogen and oxygen atoms in total. The zero-order valence-electron chi connectivity index (χ0n) is 7.15. The summed E-state index contributed by atoms with van der Waals surface area (Å²) in [6, 6.07) is 3.44. The maximum atomic E-state index is 10.8. The van der Waals surface area contributed by atoms with Crippen LogP contribution in [0.25, 0.3) is 0 Å². The first-order chi connectivity index (χ1) is 6.09. The van der Waals surface area contributed by atoms with E-state index in [1.54, 1.807) is 12.1 Å². The van der Waals surface area contributed by atoms with Crippen molar-refractivity contribution in [1.29, 1.82) is 0 Å². The van der Waals surface area contributed by atoms with Gasteiger partial charge in [-0.25, -0.2) is 4.79 Å². The SMILES string of the molecule is Cc1ccc(CC(=O)C(=O)O)cn1. The fourth-order valence-corrected chi connectivity index (χ4v) is 0.864. The number of carbonyl (C=O) groups is 2. The van der Waals surface area contributed by atoms with E-state index >= 15 is 0 Å². The topological polar surface area (TPSA) is 67.3 Å². The monoisotopic (exact) mass is 179 g/mol. The molecule has 1 aromatic rings. The molecule has 0 radical (unpaired) electrons. The van der Waals surface area contributed by atoms with Gasteiger partial charge in [0.05, 0.1) is 0 Å². The molecule has 13 heavy (non-hydrogen) atoms. The zero-order chi connectivity index (χ0) is 9.84. The highest BCUT2D eigenvalue weighted by Gasteiger charge is 2.11. The number of carbonyl (C=O) groups excluding carboxylic acids is 1. The second-order valence-electron chi connectivity index (χ2n) is 2.71. The molecule has 0 atom stereocenters. The first-order valence-electron chi connectivity index (χ1n) is 3.77. The van der Waals surface area contributed by atoms with Gasteiger partial charge in [0.2, 0.25) is 5.78 Å². The molecule has 1 N–H and O–H groups in total. The Morgan fingerprint density at radius 2 is 2.15 bits per heavy atom. The van der Waals surface area contributed by atoms with Crippen molar-refractivity contribution in [3.05, 3.63) is 29.6 Å². The number of hydrogen-bond acceptors (Lipinski definition) is 3. The summed E-state index contributed by atoms with van der Waals surface area (Å²) >= 11 is 0. The van der Waals surface area contributed by atoms with Gasteiger partial charge in [-0.3, -0.25) is 9.78 Å². The molecule has 0 aromatic carbocycles. The van der Waals surface area contributed by atoms with E-state index < -0.39 is 11.8 Å². The predicted molar refractivity (Wildman–Crippen MR) is 45.3 cm³/mol. The maximum absolute atomic E-state index is 10.8. The van der Waals surface area contributed by atoms with Crippen molar-refractivity contribution in [3.63, 3.8) is 0 Å². The van der Waals surface area contributed by atoms with Gasteiger partial charge in [-0.1, -0.05) is 6.07 Å². The molecule has 0 unspecified atom stereocenters. The lowest BCUT2D eigenvalue weighted by atomic mass is 10.1. The van der Waals surface area contributed by atoms with Crippen LogP contribution in [0.15, 0.2) is 18.3 Å². The van der Waals surface area contributed by atoms with Crippen LogP contribution in [0, 0.1) is 6.92 Å². The molecule has 0 bridgehead atoms. The summed E-state index contributed by atoms with van der Waals surface area (Å²) in [5.41, 5.74) is 1.46. The second kappa shape index (κ2) is 3.80. The van der Waals surface area contributed by atoms with Gasteiger partial charge in [-0.05, 0) is 18.6 Å². The quantitative estimate of drug-likeness (QED) is 0.689. The average molecular weight is 179 g/mol. The Morgan fingerprint density at radius 1 is 1.46 bits per heavy atom. The van der Waals surface area contributed by atoms with Crippen LogP contribution < -0.4 is 0 Å². The number of pyridine rings is 1. The Kier molecular flexibility index (Phi) is 2.74. The van der Waals surface area contributed by atoms with E-state index in [-0.39, 0.29) is 6.42 Å². The van der Waals surface area contributed by atoms with Gasteiger partial charge < -0.3 is 5.11 Å². The predicted octanol–water partition coefficient (Wildman–Crippen LogP) is 0.586. The number of hydrogen-bond donors (Lipinski definition) is 1. The number of Topliss-reactive ketones (excluding diaryl/α,β-unsaturated/α-hetero) is 1. The highest BCUT2D eigenvalue weighted by atomic mass is 16.4. The first-order valence-corrected chi connectivity index (χ1v) is 3.77. The van der Waals surface area contributed by atoms with Gasteiger partial charge in [0.15, 0.2) is 0 Å². The van der Waals surface area contributed by atoms with Crippen LogP contribution in [-0.4, -0.2) is 21.8 Å². The smallest absolute Gasteiger partial charge is 0.372 e. The Hall–Kier alpha value is -1.71. The molecular weight excluding hydrogens is 170 g/mol. The Labute approximate surface area is 75.2 Å². The molecule has 0 aliphatic rings. The minimum absolute atomic E-state index is 0.0946. The number of aromatic nitrogens is 1. The van der Waals surface area contributed by atoms with Crippen molar-refractivity contribution in [1.82, 2.24) is 4.98 Å². The summed E-state index contributed by atoms with van der Waals surface area (Å²) in [5.74, 6) is -2.22. The van der Waals surface area contributed by atoms with Crippen LogP contribution in [0.3, 0.4) is 0 Å². The zero-order valence-corrected chi connectivity index (χ0v) is 7.15. The van der Waals surface area contributed by atoms with Crippen LogP contribution in [-0.2, 0) is 16.0 Å². The third kappa shape index (κ3) is 2.66. The highest BCUT2D eigenvalue weighted by Crippen LogP contribution is 2.00. The Balaban J connectivity index is 2.70. The molecule has 0 fully saturated rings. The van der Waals surface area contributed by atoms with Crippen molar-refractivity contribution < 1.29 is 14.7 Å². The van der Waals surface area contributed by atoms with Crippen LogP contribution in [0.4, 0.5) is 0 Å². The molecule has 4 heteroatoms. The van der Waals surface area contributed by atoms with Gasteiger partial charge >= 0.3 is 5.97 Å². The van der Waals surface area contributed by atoms with Crippen LogP contribution in [0.5, 0.6) is 0 Å². The van der Waals surface area contributed by atoms with Gasteiger partial charge in [0.1, 0.15) is 0 Å². The van der Waals surface area contributed by atoms with E-state index in [2.05, 4.69) is 4.98 Å². The number of rotatable bonds is 3. The standard InChI is InChI=1S/C9H9NO3/c1-6-2-3-7(5-10-6)4-8(11)9(12)13/h2-3,5H,4H2,1H3,(H,12,13). The Morgan fingerprint density at radius 3 is 2.62 bits per heavy atom. The second-order valence-corrected chi connectivity index (χ2v) is 2.71. The number of carboxylic acid groups (broad SMARTS) is 1. The molecular formula is C9H9NO3. The summed E-state index contributed by atoms with van der Waals surface area (Å²) < 4.78 is 0. The molecule has 0 spiro atoms. The van der Waals surface area contributed by atoms with E-state index in [0.29, 0.717) is 5.56 Å². The van der Waals surface area contributed by atoms with Crippen molar-refractivity contribution in [2.45, 2.75) is 13.3 Å². The molecule has 0 saturated heterocycles. The molecule has 0 aliphatic heterocycles. The van der Waals surface area contributed by atoms with E-state index in [0.717, 1.165) is 5.69 Å². The number of aliphatic carboxylic acids is 1. The van der Waals surface area contributed by atoms with Crippen molar-refractivity contribution in [2.75, 3.05) is 0 Å². The normalized spacial score (nSPS) is 9.62. The van der Waals surface area contributed by atoms with Crippen molar-refractivity contribution in [3.8, 4) is 0 Å². The summed E-state index contributed by atoms with van der Waals surface area (Å²) in [4.78, 5) is 24.9. The van der Waals surface area contributed by atoms with E-state index in [1.165, 1.54) is 6.20 Å². The molecule has 0 saturated carbocycles. The summed E-state index contributed by atoms with van der Waals surface area (Å²) in [5, 5.41) is 8.33. The van der Waals surface area contributed by atoms with Crippen LogP contribution in [0.1, 0.15) is 11.3 Å². The lowest BCUT2D eigenvalue weighted by Gasteiger charge is -1.97. The molecule has 1 rings (SSSR count). The average Bonchev–Trinajstić information content (AvgIpc) is 2.08. The molecule has 0 aliphatic carbocycles. The third-order valence-corrected chi connectivity index (χ3v) is 1.58. The molecule has 0 amide bonds. The van der Waals surface area contributed by atoms with Gasteiger partial charge in [0, 0.05) is 18.3 Å². The number of ketones is 1. The van der Waals surface area contributed by atoms with Gasteiger partial charge in [0.25, 0.3) is 0 Å². The number of nitrogens with zero attached hydrogens (tertiary/aromatic N) is 1. The van der Waals surface area contributed by atoms with E-state index in [9.17, 15) is 9.59 Å². The lowest BCUT2D eigenvalue weighted by molar-refractivity contribution is -0.148. The summed E-state index contributed by atoms with van der Waals surface area (Å²) in [7, 11) is 0. The first kappa shape index (κ1) is 9.38.